The standard InChI is InChI=1S/C21H30N2O4S/c1-14-5-6-18(17(4)8-14)22-19(24)12-28-13-21(26)27-11-20(25)23-9-15(2)7-16(3)10-23/h5-6,8,15-16H,7,9-13H2,1-4H3,(H,22,24)/t15-,16-/m0/s1. The second-order valence-corrected chi connectivity index (χ2v) is 8.75. The first-order valence-corrected chi connectivity index (χ1v) is 10.8. The lowest BCUT2D eigenvalue weighted by atomic mass is 9.92. The highest BCUT2D eigenvalue weighted by atomic mass is 32.2. The molecule has 1 N–H and O–H groups in total. The molecular formula is C21H30N2O4S. The maximum atomic E-state index is 12.2. The molecule has 1 aromatic rings. The van der Waals surface area contributed by atoms with Crippen molar-refractivity contribution < 1.29 is 19.1 Å². The molecular weight excluding hydrogens is 376 g/mol. The number of carbonyl (C=O) groups excluding carboxylic acids is 3. The number of nitrogens with one attached hydrogen (secondary N) is 1. The number of aryl methyl sites for hydroxylation is 2. The van der Waals surface area contributed by atoms with E-state index in [1.807, 2.05) is 32.0 Å². The van der Waals surface area contributed by atoms with Crippen LogP contribution in [-0.2, 0) is 19.1 Å². The summed E-state index contributed by atoms with van der Waals surface area (Å²) < 4.78 is 5.08. The van der Waals surface area contributed by atoms with Gasteiger partial charge in [-0.25, -0.2) is 0 Å². The topological polar surface area (TPSA) is 75.7 Å². The van der Waals surface area contributed by atoms with Gasteiger partial charge in [-0.15, -0.1) is 11.8 Å². The Hall–Kier alpha value is -2.02. The van der Waals surface area contributed by atoms with Crippen LogP contribution in [0.1, 0.15) is 31.4 Å². The van der Waals surface area contributed by atoms with Crippen molar-refractivity contribution in [1.29, 1.82) is 0 Å². The number of hydrogen-bond donors (Lipinski definition) is 1. The highest BCUT2D eigenvalue weighted by molar-refractivity contribution is 8.00. The zero-order chi connectivity index (χ0) is 20.7. The molecule has 28 heavy (non-hydrogen) atoms. The Bertz CT molecular complexity index is 712. The van der Waals surface area contributed by atoms with Crippen LogP contribution in [0.3, 0.4) is 0 Å². The van der Waals surface area contributed by atoms with Crippen LogP contribution in [0.15, 0.2) is 18.2 Å². The first-order chi connectivity index (χ1) is 13.2. The fraction of sp³-hybridized carbons (Fsp3) is 0.571. The van der Waals surface area contributed by atoms with Crippen LogP contribution in [0.5, 0.6) is 0 Å². The molecule has 154 valence electrons. The highest BCUT2D eigenvalue weighted by Gasteiger charge is 2.25. The number of piperidine rings is 1. The maximum Gasteiger partial charge on any atom is 0.316 e. The second kappa shape index (κ2) is 10.5. The van der Waals surface area contributed by atoms with Crippen molar-refractivity contribution in [2.24, 2.45) is 11.8 Å². The fourth-order valence-corrected chi connectivity index (χ4v) is 4.12. The fourth-order valence-electron chi connectivity index (χ4n) is 3.51. The molecule has 1 aliphatic heterocycles. The molecule has 1 fully saturated rings. The highest BCUT2D eigenvalue weighted by Crippen LogP contribution is 2.21. The average Bonchev–Trinajstić information content (AvgIpc) is 2.61. The van der Waals surface area contributed by atoms with Crippen LogP contribution < -0.4 is 5.32 Å². The summed E-state index contributed by atoms with van der Waals surface area (Å²) in [5.74, 6) is 0.333. The van der Waals surface area contributed by atoms with Gasteiger partial charge in [0.2, 0.25) is 5.91 Å². The zero-order valence-corrected chi connectivity index (χ0v) is 17.9. The van der Waals surface area contributed by atoms with Gasteiger partial charge in [0, 0.05) is 18.8 Å². The van der Waals surface area contributed by atoms with Gasteiger partial charge in [0.15, 0.2) is 6.61 Å². The number of esters is 1. The number of carbonyl (C=O) groups is 3. The lowest BCUT2D eigenvalue weighted by molar-refractivity contribution is -0.151. The maximum absolute atomic E-state index is 12.2. The van der Waals surface area contributed by atoms with Gasteiger partial charge in [0.25, 0.3) is 5.91 Å². The number of thioether (sulfide) groups is 1. The van der Waals surface area contributed by atoms with E-state index in [4.69, 9.17) is 4.74 Å². The first kappa shape index (κ1) is 22.3. The van der Waals surface area contributed by atoms with Crippen LogP contribution in [0.25, 0.3) is 0 Å². The number of hydrogen-bond acceptors (Lipinski definition) is 5. The van der Waals surface area contributed by atoms with E-state index in [1.165, 1.54) is 11.8 Å². The van der Waals surface area contributed by atoms with Crippen molar-refractivity contribution in [3.63, 3.8) is 0 Å². The summed E-state index contributed by atoms with van der Waals surface area (Å²) in [6, 6.07) is 5.81. The molecule has 0 aliphatic carbocycles. The minimum Gasteiger partial charge on any atom is -0.455 e. The predicted molar refractivity (Wildman–Crippen MR) is 112 cm³/mol. The van der Waals surface area contributed by atoms with Crippen LogP contribution in [-0.4, -0.2) is 53.9 Å². The van der Waals surface area contributed by atoms with Gasteiger partial charge in [-0.2, -0.15) is 0 Å². The van der Waals surface area contributed by atoms with E-state index in [2.05, 4.69) is 19.2 Å². The number of rotatable bonds is 7. The summed E-state index contributed by atoms with van der Waals surface area (Å²) in [5.41, 5.74) is 2.91. The summed E-state index contributed by atoms with van der Waals surface area (Å²) in [5, 5.41) is 2.84. The van der Waals surface area contributed by atoms with Crippen LogP contribution in [0.4, 0.5) is 5.69 Å². The van der Waals surface area contributed by atoms with E-state index in [-0.39, 0.29) is 29.9 Å². The van der Waals surface area contributed by atoms with E-state index in [1.54, 1.807) is 4.90 Å². The quantitative estimate of drug-likeness (QED) is 0.705. The number of nitrogens with zero attached hydrogens (tertiary/aromatic N) is 1. The van der Waals surface area contributed by atoms with Gasteiger partial charge in [0.1, 0.15) is 0 Å². The van der Waals surface area contributed by atoms with Crippen molar-refractivity contribution in [3.05, 3.63) is 29.3 Å². The molecule has 7 heteroatoms. The number of anilines is 1. The third kappa shape index (κ3) is 7.19. The molecule has 0 saturated carbocycles. The van der Waals surface area contributed by atoms with E-state index in [0.29, 0.717) is 24.9 Å². The Morgan fingerprint density at radius 3 is 2.46 bits per heavy atom. The van der Waals surface area contributed by atoms with Crippen LogP contribution in [0.2, 0.25) is 0 Å². The van der Waals surface area contributed by atoms with Gasteiger partial charge in [0.05, 0.1) is 11.5 Å². The smallest absolute Gasteiger partial charge is 0.316 e. The summed E-state index contributed by atoms with van der Waals surface area (Å²) in [4.78, 5) is 37.9. The predicted octanol–water partition coefficient (Wildman–Crippen LogP) is 3.02. The van der Waals surface area contributed by atoms with Gasteiger partial charge < -0.3 is 15.0 Å². The molecule has 0 spiro atoms. The number of ether oxygens (including phenoxy) is 1. The van der Waals surface area contributed by atoms with E-state index < -0.39 is 5.97 Å². The Morgan fingerprint density at radius 1 is 1.14 bits per heavy atom. The Balaban J connectivity index is 1.65. The molecule has 6 nitrogen and oxygen atoms in total. The molecule has 1 aliphatic rings. The third-order valence-electron chi connectivity index (χ3n) is 4.69. The molecule has 1 heterocycles. The molecule has 2 amide bonds. The van der Waals surface area contributed by atoms with Gasteiger partial charge in [-0.3, -0.25) is 14.4 Å². The largest absolute Gasteiger partial charge is 0.455 e. The van der Waals surface area contributed by atoms with Gasteiger partial charge in [-0.05, 0) is 43.7 Å². The summed E-state index contributed by atoms with van der Waals surface area (Å²) in [6.45, 7) is 9.39. The SMILES string of the molecule is Cc1ccc(NC(=O)CSCC(=O)OCC(=O)N2C[C@@H](C)C[C@H](C)C2)c(C)c1. The summed E-state index contributed by atoms with van der Waals surface area (Å²) in [6.07, 6.45) is 1.12. The molecule has 0 unspecified atom stereocenters. The normalized spacial score (nSPS) is 19.2. The van der Waals surface area contributed by atoms with E-state index in [9.17, 15) is 14.4 Å². The summed E-state index contributed by atoms with van der Waals surface area (Å²) >= 11 is 1.17. The molecule has 2 rings (SSSR count). The Morgan fingerprint density at radius 2 is 1.82 bits per heavy atom. The van der Waals surface area contributed by atoms with E-state index >= 15 is 0 Å². The first-order valence-electron chi connectivity index (χ1n) is 9.62. The van der Waals surface area contributed by atoms with Crippen molar-refractivity contribution in [2.75, 3.05) is 36.5 Å². The lowest BCUT2D eigenvalue weighted by Gasteiger charge is -2.34. The number of likely N-dealkylation sites (tertiary alicyclic amines) is 1. The van der Waals surface area contributed by atoms with Crippen molar-refractivity contribution in [3.8, 4) is 0 Å². The molecule has 1 aromatic carbocycles. The Kier molecular flexibility index (Phi) is 8.35. The number of amides is 2. The van der Waals surface area contributed by atoms with Crippen molar-refractivity contribution >= 4 is 35.2 Å². The monoisotopic (exact) mass is 406 g/mol. The molecule has 1 saturated heterocycles. The average molecular weight is 407 g/mol. The van der Waals surface area contributed by atoms with Gasteiger partial charge >= 0.3 is 5.97 Å². The number of benzene rings is 1. The van der Waals surface area contributed by atoms with Gasteiger partial charge in [-0.1, -0.05) is 31.5 Å². The molecule has 2 atom stereocenters. The Labute approximate surface area is 171 Å². The molecule has 0 radical (unpaired) electrons. The minimum atomic E-state index is -0.476. The minimum absolute atomic E-state index is 0.0420. The van der Waals surface area contributed by atoms with Crippen molar-refractivity contribution in [1.82, 2.24) is 4.90 Å². The van der Waals surface area contributed by atoms with E-state index in [0.717, 1.165) is 23.2 Å². The second-order valence-electron chi connectivity index (χ2n) is 7.76. The molecule has 0 aromatic heterocycles. The molecule has 0 bridgehead atoms. The third-order valence-corrected chi connectivity index (χ3v) is 5.59. The van der Waals surface area contributed by atoms with Crippen LogP contribution in [0, 0.1) is 25.7 Å². The zero-order valence-electron chi connectivity index (χ0n) is 17.1. The van der Waals surface area contributed by atoms with Crippen LogP contribution >= 0.6 is 11.8 Å². The lowest BCUT2D eigenvalue weighted by Crippen LogP contribution is -2.44. The van der Waals surface area contributed by atoms with Crippen molar-refractivity contribution in [2.45, 2.75) is 34.1 Å². The summed E-state index contributed by atoms with van der Waals surface area (Å²) in [7, 11) is 0.